The molecule has 29 heavy (non-hydrogen) atoms. The quantitative estimate of drug-likeness (QED) is 0.609. The van der Waals surface area contributed by atoms with E-state index in [4.69, 9.17) is 9.47 Å². The van der Waals surface area contributed by atoms with Crippen LogP contribution < -0.4 is 0 Å². The number of hydrogen-bond donors (Lipinski definition) is 1. The number of Topliss-reactive ketones (excluding diaryl/α,β-unsaturated/α-hetero) is 1. The molecule has 1 N–H and O–H groups in total. The Morgan fingerprint density at radius 3 is 2.14 bits per heavy atom. The van der Waals surface area contributed by atoms with Gasteiger partial charge in [-0.3, -0.25) is 19.4 Å². The third kappa shape index (κ3) is 5.63. The van der Waals surface area contributed by atoms with Gasteiger partial charge in [0.25, 0.3) is 0 Å². The van der Waals surface area contributed by atoms with E-state index < -0.39 is 52.3 Å². The van der Waals surface area contributed by atoms with Crippen LogP contribution in [0.2, 0.25) is 0 Å². The average molecular weight is 405 g/mol. The standard InChI is InChI=1S/C22H31NO6/c1-20(2,3)28-18(25)16-14(24)11-22(7,27)17(19(26)29-21(4,5)6)15(16)13-9-8-10-23-12-13/h8-10,12,15-17,27H,11H2,1-7H3/t15-,16+,17+,22-/m0/s1. The van der Waals surface area contributed by atoms with Gasteiger partial charge in [0.2, 0.25) is 0 Å². The maximum Gasteiger partial charge on any atom is 0.317 e. The maximum absolute atomic E-state index is 13.1. The molecule has 0 aromatic carbocycles. The highest BCUT2D eigenvalue weighted by molar-refractivity contribution is 6.03. The molecule has 0 unspecified atom stereocenters. The van der Waals surface area contributed by atoms with Gasteiger partial charge in [0.15, 0.2) is 5.78 Å². The largest absolute Gasteiger partial charge is 0.460 e. The van der Waals surface area contributed by atoms with Crippen molar-refractivity contribution in [3.05, 3.63) is 30.1 Å². The van der Waals surface area contributed by atoms with E-state index in [1.165, 1.54) is 13.1 Å². The molecule has 0 amide bonds. The van der Waals surface area contributed by atoms with E-state index in [0.717, 1.165) is 0 Å². The van der Waals surface area contributed by atoms with Crippen molar-refractivity contribution in [1.29, 1.82) is 0 Å². The van der Waals surface area contributed by atoms with Crippen molar-refractivity contribution in [2.75, 3.05) is 0 Å². The van der Waals surface area contributed by atoms with Gasteiger partial charge in [0.1, 0.15) is 17.1 Å². The molecule has 0 aliphatic heterocycles. The van der Waals surface area contributed by atoms with Gasteiger partial charge >= 0.3 is 11.9 Å². The monoisotopic (exact) mass is 405 g/mol. The molecule has 0 saturated heterocycles. The van der Waals surface area contributed by atoms with E-state index in [2.05, 4.69) is 4.98 Å². The van der Waals surface area contributed by atoms with Crippen LogP contribution in [0.25, 0.3) is 0 Å². The van der Waals surface area contributed by atoms with Crippen molar-refractivity contribution >= 4 is 17.7 Å². The van der Waals surface area contributed by atoms with Gasteiger partial charge in [-0.25, -0.2) is 0 Å². The highest BCUT2D eigenvalue weighted by atomic mass is 16.6. The fourth-order valence-electron chi connectivity index (χ4n) is 3.72. The van der Waals surface area contributed by atoms with Crippen LogP contribution in [0.15, 0.2) is 24.5 Å². The SMILES string of the molecule is CC(C)(C)OC(=O)[C@@H]1C(=O)C[C@](C)(O)[C@@H](C(=O)OC(C)(C)C)[C@H]1c1cccnc1. The number of carbonyl (C=O) groups is 3. The number of rotatable bonds is 3. The third-order valence-electron chi connectivity index (χ3n) is 4.66. The molecule has 1 aliphatic rings. The average Bonchev–Trinajstić information content (AvgIpc) is 2.50. The number of carbonyl (C=O) groups excluding carboxylic acids is 3. The summed E-state index contributed by atoms with van der Waals surface area (Å²) in [6.45, 7) is 11.7. The van der Waals surface area contributed by atoms with E-state index in [1.807, 2.05) is 0 Å². The summed E-state index contributed by atoms with van der Waals surface area (Å²) in [5.74, 6) is -5.20. The second-order valence-electron chi connectivity index (χ2n) is 9.83. The minimum atomic E-state index is -1.68. The summed E-state index contributed by atoms with van der Waals surface area (Å²) < 4.78 is 11.0. The molecule has 160 valence electrons. The van der Waals surface area contributed by atoms with Gasteiger partial charge in [-0.2, -0.15) is 0 Å². The van der Waals surface area contributed by atoms with Crippen molar-refractivity contribution in [1.82, 2.24) is 4.98 Å². The van der Waals surface area contributed by atoms with Gasteiger partial charge in [0.05, 0.1) is 11.5 Å². The van der Waals surface area contributed by atoms with Crippen molar-refractivity contribution in [2.45, 2.75) is 77.6 Å². The number of aromatic nitrogens is 1. The zero-order valence-electron chi connectivity index (χ0n) is 18.2. The molecule has 4 atom stereocenters. The number of hydrogen-bond acceptors (Lipinski definition) is 7. The van der Waals surface area contributed by atoms with E-state index in [0.29, 0.717) is 5.56 Å². The van der Waals surface area contributed by atoms with Crippen LogP contribution in [0, 0.1) is 11.8 Å². The fourth-order valence-corrected chi connectivity index (χ4v) is 3.72. The Hall–Kier alpha value is -2.28. The first-order chi connectivity index (χ1) is 13.1. The van der Waals surface area contributed by atoms with Crippen LogP contribution in [0.5, 0.6) is 0 Å². The first-order valence-corrected chi connectivity index (χ1v) is 9.73. The fraction of sp³-hybridized carbons (Fsp3) is 0.636. The first-order valence-electron chi connectivity index (χ1n) is 9.73. The van der Waals surface area contributed by atoms with Crippen LogP contribution in [0.3, 0.4) is 0 Å². The number of ether oxygens (including phenoxy) is 2. The van der Waals surface area contributed by atoms with Crippen LogP contribution in [-0.2, 0) is 23.9 Å². The lowest BCUT2D eigenvalue weighted by Crippen LogP contribution is -2.56. The van der Waals surface area contributed by atoms with Crippen LogP contribution in [0.4, 0.5) is 0 Å². The Labute approximate surface area is 171 Å². The molecule has 1 heterocycles. The zero-order valence-corrected chi connectivity index (χ0v) is 18.2. The molecule has 1 aromatic heterocycles. The topological polar surface area (TPSA) is 103 Å². The molecule has 1 saturated carbocycles. The number of aliphatic hydroxyl groups is 1. The Kier molecular flexibility index (Phi) is 6.23. The highest BCUT2D eigenvalue weighted by Crippen LogP contribution is 2.47. The Morgan fingerprint density at radius 2 is 1.66 bits per heavy atom. The number of ketones is 1. The Bertz CT molecular complexity index is 773. The molecular weight excluding hydrogens is 374 g/mol. The summed E-state index contributed by atoms with van der Waals surface area (Å²) in [6.07, 6.45) is 2.70. The second kappa shape index (κ2) is 7.86. The summed E-state index contributed by atoms with van der Waals surface area (Å²) in [5, 5.41) is 11.0. The molecule has 0 radical (unpaired) electrons. The summed E-state index contributed by atoms with van der Waals surface area (Å²) in [7, 11) is 0. The Morgan fingerprint density at radius 1 is 1.10 bits per heavy atom. The van der Waals surface area contributed by atoms with Gasteiger partial charge < -0.3 is 14.6 Å². The lowest BCUT2D eigenvalue weighted by Gasteiger charge is -2.44. The minimum Gasteiger partial charge on any atom is -0.460 e. The van der Waals surface area contributed by atoms with Crippen molar-refractivity contribution in [2.24, 2.45) is 11.8 Å². The maximum atomic E-state index is 13.1. The van der Waals surface area contributed by atoms with Crippen LogP contribution in [-0.4, -0.2) is 44.6 Å². The number of nitrogens with zero attached hydrogens (tertiary/aromatic N) is 1. The second-order valence-corrected chi connectivity index (χ2v) is 9.83. The molecule has 7 nitrogen and oxygen atoms in total. The molecule has 1 fully saturated rings. The van der Waals surface area contributed by atoms with E-state index in [9.17, 15) is 19.5 Å². The van der Waals surface area contributed by atoms with E-state index in [-0.39, 0.29) is 6.42 Å². The predicted molar refractivity (Wildman–Crippen MR) is 106 cm³/mol. The summed E-state index contributed by atoms with van der Waals surface area (Å²) in [5.41, 5.74) is -2.79. The minimum absolute atomic E-state index is 0.350. The lowest BCUT2D eigenvalue weighted by atomic mass is 9.62. The van der Waals surface area contributed by atoms with Gasteiger partial charge in [-0.15, -0.1) is 0 Å². The normalized spacial score (nSPS) is 28.0. The Balaban J connectivity index is 2.59. The lowest BCUT2D eigenvalue weighted by molar-refractivity contribution is -0.182. The van der Waals surface area contributed by atoms with Crippen molar-refractivity contribution < 1.29 is 29.0 Å². The summed E-state index contributed by atoms with van der Waals surface area (Å²) >= 11 is 0. The molecule has 7 heteroatoms. The highest BCUT2D eigenvalue weighted by Gasteiger charge is 2.57. The zero-order chi connectivity index (χ0) is 22.2. The molecule has 0 spiro atoms. The van der Waals surface area contributed by atoms with Crippen molar-refractivity contribution in [3.63, 3.8) is 0 Å². The van der Waals surface area contributed by atoms with Crippen molar-refractivity contribution in [3.8, 4) is 0 Å². The number of esters is 2. The molecule has 2 rings (SSSR count). The van der Waals surface area contributed by atoms with E-state index >= 15 is 0 Å². The smallest absolute Gasteiger partial charge is 0.317 e. The molecular formula is C22H31NO6. The first kappa shape index (κ1) is 23.0. The molecule has 1 aliphatic carbocycles. The molecule has 0 bridgehead atoms. The van der Waals surface area contributed by atoms with Gasteiger partial charge in [-0.05, 0) is 60.1 Å². The molecule has 1 aromatic rings. The van der Waals surface area contributed by atoms with E-state index in [1.54, 1.807) is 59.9 Å². The summed E-state index contributed by atoms with van der Waals surface area (Å²) in [4.78, 5) is 43.1. The predicted octanol–water partition coefficient (Wildman–Crippen LogP) is 2.80. The van der Waals surface area contributed by atoms with Crippen LogP contribution >= 0.6 is 0 Å². The summed E-state index contributed by atoms with van der Waals surface area (Å²) in [6, 6.07) is 3.34. The van der Waals surface area contributed by atoms with Gasteiger partial charge in [-0.1, -0.05) is 6.07 Å². The van der Waals surface area contributed by atoms with Crippen LogP contribution in [0.1, 0.15) is 66.4 Å². The number of pyridine rings is 1. The third-order valence-corrected chi connectivity index (χ3v) is 4.66. The van der Waals surface area contributed by atoms with Gasteiger partial charge in [0, 0.05) is 24.7 Å².